The molecule has 0 saturated heterocycles. The summed E-state index contributed by atoms with van der Waals surface area (Å²) in [6, 6.07) is 4.87. The Morgan fingerprint density at radius 2 is 2.33 bits per heavy atom. The van der Waals surface area contributed by atoms with Gasteiger partial charge in [0.25, 0.3) is 5.91 Å². The van der Waals surface area contributed by atoms with Crippen molar-refractivity contribution in [1.29, 1.82) is 0 Å². The quantitative estimate of drug-likeness (QED) is 0.924. The predicted molar refractivity (Wildman–Crippen MR) is 67.1 cm³/mol. The summed E-state index contributed by atoms with van der Waals surface area (Å²) in [6.07, 6.45) is 2.87. The summed E-state index contributed by atoms with van der Waals surface area (Å²) in [5.74, 6) is 0.163. The third-order valence-corrected chi connectivity index (χ3v) is 2.44. The van der Waals surface area contributed by atoms with Crippen LogP contribution in [0.2, 0.25) is 5.22 Å². The van der Waals surface area contributed by atoms with E-state index in [2.05, 4.69) is 10.3 Å². The van der Waals surface area contributed by atoms with Crippen LogP contribution >= 0.6 is 11.6 Å². The molecule has 0 aliphatic rings. The van der Waals surface area contributed by atoms with E-state index in [4.69, 9.17) is 20.8 Å². The molecule has 0 aliphatic carbocycles. The molecule has 2 rings (SSSR count). The number of rotatable bonds is 4. The first-order chi connectivity index (χ1) is 8.70. The minimum absolute atomic E-state index is 0.0615. The minimum atomic E-state index is -0.347. The molecule has 2 aromatic rings. The summed E-state index contributed by atoms with van der Waals surface area (Å²) in [7, 11) is 0. The maximum atomic E-state index is 11.8. The standard InChI is InChI=1S/C12H11ClN2O3/c1-2-17-10-4-3-8(7-14-10)15-12(16)9-5-6-18-11(9)13/h3-7H,2H2,1H3,(H,15,16). The molecule has 0 aromatic carbocycles. The normalized spacial score (nSPS) is 10.1. The third-order valence-electron chi connectivity index (χ3n) is 2.15. The largest absolute Gasteiger partial charge is 0.478 e. The molecule has 5 nitrogen and oxygen atoms in total. The molecule has 0 aliphatic heterocycles. The van der Waals surface area contributed by atoms with Crippen molar-refractivity contribution in [2.24, 2.45) is 0 Å². The fourth-order valence-corrected chi connectivity index (χ4v) is 1.54. The maximum absolute atomic E-state index is 11.8. The molecule has 6 heteroatoms. The molecule has 18 heavy (non-hydrogen) atoms. The van der Waals surface area contributed by atoms with Crippen molar-refractivity contribution in [3.63, 3.8) is 0 Å². The van der Waals surface area contributed by atoms with E-state index in [0.717, 1.165) is 0 Å². The lowest BCUT2D eigenvalue weighted by Gasteiger charge is -2.05. The number of halogens is 1. The van der Waals surface area contributed by atoms with Gasteiger partial charge in [-0.3, -0.25) is 4.79 Å². The van der Waals surface area contributed by atoms with E-state index in [1.807, 2.05) is 6.92 Å². The Labute approximate surface area is 109 Å². The number of carbonyl (C=O) groups is 1. The van der Waals surface area contributed by atoms with Crippen molar-refractivity contribution in [2.45, 2.75) is 6.92 Å². The molecule has 0 saturated carbocycles. The van der Waals surface area contributed by atoms with Crippen LogP contribution < -0.4 is 10.1 Å². The van der Waals surface area contributed by atoms with Crippen molar-refractivity contribution in [3.05, 3.63) is 41.4 Å². The van der Waals surface area contributed by atoms with E-state index >= 15 is 0 Å². The van der Waals surface area contributed by atoms with Crippen LogP contribution in [0.5, 0.6) is 5.88 Å². The smallest absolute Gasteiger partial charge is 0.260 e. The Hall–Kier alpha value is -2.01. The number of hydrogen-bond donors (Lipinski definition) is 1. The number of nitrogens with zero attached hydrogens (tertiary/aromatic N) is 1. The number of carbonyl (C=O) groups excluding carboxylic acids is 1. The molecule has 0 bridgehead atoms. The van der Waals surface area contributed by atoms with Crippen LogP contribution in [0.3, 0.4) is 0 Å². The van der Waals surface area contributed by atoms with Gasteiger partial charge in [-0.05, 0) is 30.7 Å². The maximum Gasteiger partial charge on any atom is 0.260 e. The highest BCUT2D eigenvalue weighted by Crippen LogP contribution is 2.19. The number of pyridine rings is 1. The molecule has 0 unspecified atom stereocenters. The molecular weight excluding hydrogens is 256 g/mol. The van der Waals surface area contributed by atoms with E-state index in [1.54, 1.807) is 12.1 Å². The Morgan fingerprint density at radius 1 is 1.50 bits per heavy atom. The van der Waals surface area contributed by atoms with Crippen molar-refractivity contribution in [1.82, 2.24) is 4.98 Å². The zero-order chi connectivity index (χ0) is 13.0. The van der Waals surface area contributed by atoms with Crippen molar-refractivity contribution in [2.75, 3.05) is 11.9 Å². The third kappa shape index (κ3) is 2.81. The lowest BCUT2D eigenvalue weighted by molar-refractivity contribution is 0.102. The summed E-state index contributed by atoms with van der Waals surface area (Å²) < 4.78 is 10.0. The monoisotopic (exact) mass is 266 g/mol. The van der Waals surface area contributed by atoms with Gasteiger partial charge in [0.1, 0.15) is 0 Å². The van der Waals surface area contributed by atoms with Gasteiger partial charge >= 0.3 is 0 Å². The second-order valence-electron chi connectivity index (χ2n) is 3.38. The van der Waals surface area contributed by atoms with Crippen LogP contribution in [0, 0.1) is 0 Å². The first-order valence-corrected chi connectivity index (χ1v) is 5.71. The Morgan fingerprint density at radius 3 is 2.89 bits per heavy atom. The van der Waals surface area contributed by atoms with Crippen molar-refractivity contribution >= 4 is 23.2 Å². The van der Waals surface area contributed by atoms with Gasteiger partial charge in [-0.1, -0.05) is 0 Å². The second-order valence-corrected chi connectivity index (χ2v) is 3.72. The number of anilines is 1. The van der Waals surface area contributed by atoms with Gasteiger partial charge in [0.2, 0.25) is 11.1 Å². The molecule has 1 amide bonds. The van der Waals surface area contributed by atoms with E-state index in [1.165, 1.54) is 18.5 Å². The highest BCUT2D eigenvalue weighted by atomic mass is 35.5. The van der Waals surface area contributed by atoms with Gasteiger partial charge < -0.3 is 14.5 Å². The van der Waals surface area contributed by atoms with E-state index in [-0.39, 0.29) is 16.7 Å². The van der Waals surface area contributed by atoms with E-state index in [0.29, 0.717) is 18.2 Å². The van der Waals surface area contributed by atoms with Crippen LogP contribution in [-0.2, 0) is 0 Å². The molecule has 2 heterocycles. The van der Waals surface area contributed by atoms with E-state index < -0.39 is 0 Å². The predicted octanol–water partition coefficient (Wildman–Crippen LogP) is 2.98. The summed E-state index contributed by atoms with van der Waals surface area (Å²) in [5.41, 5.74) is 0.839. The molecule has 0 radical (unpaired) electrons. The fraction of sp³-hybridized carbons (Fsp3) is 0.167. The zero-order valence-corrected chi connectivity index (χ0v) is 10.4. The molecular formula is C12H11ClN2O3. The Bertz CT molecular complexity index is 537. The highest BCUT2D eigenvalue weighted by molar-refractivity contribution is 6.32. The van der Waals surface area contributed by atoms with Gasteiger partial charge in [-0.2, -0.15) is 0 Å². The number of nitrogens with one attached hydrogen (secondary N) is 1. The van der Waals surface area contributed by atoms with Gasteiger partial charge in [0, 0.05) is 6.07 Å². The Kier molecular flexibility index (Phi) is 3.84. The summed E-state index contributed by atoms with van der Waals surface area (Å²) in [5, 5.41) is 2.71. The van der Waals surface area contributed by atoms with Gasteiger partial charge in [-0.15, -0.1) is 0 Å². The van der Waals surface area contributed by atoms with Gasteiger partial charge in [0.05, 0.1) is 30.3 Å². The fourth-order valence-electron chi connectivity index (χ4n) is 1.34. The lowest BCUT2D eigenvalue weighted by atomic mass is 10.3. The highest BCUT2D eigenvalue weighted by Gasteiger charge is 2.13. The number of amides is 1. The van der Waals surface area contributed by atoms with Crippen LogP contribution in [0.4, 0.5) is 5.69 Å². The van der Waals surface area contributed by atoms with E-state index in [9.17, 15) is 4.79 Å². The van der Waals surface area contributed by atoms with Crippen LogP contribution in [0.15, 0.2) is 35.1 Å². The Balaban J connectivity index is 2.05. The topological polar surface area (TPSA) is 64.4 Å². The van der Waals surface area contributed by atoms with Gasteiger partial charge in [-0.25, -0.2) is 4.98 Å². The van der Waals surface area contributed by atoms with Crippen molar-refractivity contribution < 1.29 is 13.9 Å². The minimum Gasteiger partial charge on any atom is -0.478 e. The molecule has 2 aromatic heterocycles. The number of ether oxygens (including phenoxy) is 1. The van der Waals surface area contributed by atoms with Crippen molar-refractivity contribution in [3.8, 4) is 5.88 Å². The first-order valence-electron chi connectivity index (χ1n) is 5.34. The second kappa shape index (κ2) is 5.55. The summed E-state index contributed by atoms with van der Waals surface area (Å²) in [6.45, 7) is 2.42. The summed E-state index contributed by atoms with van der Waals surface area (Å²) in [4.78, 5) is 15.8. The first kappa shape index (κ1) is 12.4. The molecule has 94 valence electrons. The SMILES string of the molecule is CCOc1ccc(NC(=O)c2ccoc2Cl)cn1. The summed E-state index contributed by atoms with van der Waals surface area (Å²) >= 11 is 5.70. The van der Waals surface area contributed by atoms with Gasteiger partial charge in [0.15, 0.2) is 0 Å². The molecule has 0 spiro atoms. The number of aromatic nitrogens is 1. The van der Waals surface area contributed by atoms with Crippen LogP contribution in [0.25, 0.3) is 0 Å². The molecule has 0 atom stereocenters. The molecule has 1 N–H and O–H groups in total. The zero-order valence-electron chi connectivity index (χ0n) is 9.64. The van der Waals surface area contributed by atoms with Crippen LogP contribution in [0.1, 0.15) is 17.3 Å². The molecule has 0 fully saturated rings. The van der Waals surface area contributed by atoms with Crippen LogP contribution in [-0.4, -0.2) is 17.5 Å². The lowest BCUT2D eigenvalue weighted by Crippen LogP contribution is -2.11. The average Bonchev–Trinajstić information content (AvgIpc) is 2.78. The number of hydrogen-bond acceptors (Lipinski definition) is 4. The number of furan rings is 1. The average molecular weight is 267 g/mol.